The monoisotopic (exact) mass is 414 g/mol. The molecule has 2 aromatic carbocycles. The van der Waals surface area contributed by atoms with E-state index >= 15 is 0 Å². The zero-order valence-electron chi connectivity index (χ0n) is 18.0. The topological polar surface area (TPSA) is 56.7 Å². The highest BCUT2D eigenvalue weighted by molar-refractivity contribution is 6.00. The van der Waals surface area contributed by atoms with Gasteiger partial charge in [0.25, 0.3) is 0 Å². The Morgan fingerprint density at radius 2 is 1.90 bits per heavy atom. The molecule has 0 aliphatic carbocycles. The summed E-state index contributed by atoms with van der Waals surface area (Å²) in [6.07, 6.45) is 5.08. The molecule has 0 spiro atoms. The molecule has 2 aromatic heterocycles. The zero-order valence-corrected chi connectivity index (χ0v) is 18.0. The quantitative estimate of drug-likeness (QED) is 0.262. The Bertz CT molecular complexity index is 1220. The van der Waals surface area contributed by atoms with Crippen molar-refractivity contribution >= 4 is 28.8 Å². The number of rotatable bonds is 7. The van der Waals surface area contributed by atoms with Crippen molar-refractivity contribution in [3.05, 3.63) is 89.5 Å². The molecule has 2 heterocycles. The third-order valence-corrected chi connectivity index (χ3v) is 5.62. The summed E-state index contributed by atoms with van der Waals surface area (Å²) in [4.78, 5) is 16.3. The number of methoxy groups -OCH3 is 1. The van der Waals surface area contributed by atoms with Gasteiger partial charge in [-0.2, -0.15) is 0 Å². The first-order valence-corrected chi connectivity index (χ1v) is 10.5. The van der Waals surface area contributed by atoms with Gasteiger partial charge in [0, 0.05) is 28.9 Å². The number of fused-ring (bicyclic) bond motifs is 1. The molecule has 5 nitrogen and oxygen atoms in total. The fourth-order valence-electron chi connectivity index (χ4n) is 3.62. The molecule has 31 heavy (non-hydrogen) atoms. The van der Waals surface area contributed by atoms with E-state index in [-0.39, 0.29) is 5.76 Å². The van der Waals surface area contributed by atoms with Crippen molar-refractivity contribution < 1.29 is 13.9 Å². The number of aliphatic imine (C=N–C) groups is 1. The summed E-state index contributed by atoms with van der Waals surface area (Å²) in [6, 6.07) is 20.1. The van der Waals surface area contributed by atoms with Gasteiger partial charge in [-0.25, -0.2) is 4.79 Å². The van der Waals surface area contributed by atoms with Gasteiger partial charge in [-0.3, -0.25) is 4.99 Å². The highest BCUT2D eigenvalue weighted by Gasteiger charge is 2.13. The van der Waals surface area contributed by atoms with Crippen molar-refractivity contribution in [2.75, 3.05) is 7.11 Å². The largest absolute Gasteiger partial charge is 0.463 e. The number of para-hydroxylation sites is 1. The molecule has 4 aromatic rings. The van der Waals surface area contributed by atoms with Crippen LogP contribution in [-0.2, 0) is 11.3 Å². The fraction of sp³-hybridized carbons (Fsp3) is 0.231. The number of furan rings is 1. The molecule has 0 aliphatic rings. The van der Waals surface area contributed by atoms with E-state index in [1.54, 1.807) is 12.1 Å². The summed E-state index contributed by atoms with van der Waals surface area (Å²) in [5.74, 6) is 0.968. The molecule has 5 heteroatoms. The average molecular weight is 415 g/mol. The molecule has 0 N–H and O–H groups in total. The Morgan fingerprint density at radius 1 is 1.13 bits per heavy atom. The minimum absolute atomic E-state index is 0.205. The van der Waals surface area contributed by atoms with Gasteiger partial charge in [0.1, 0.15) is 5.76 Å². The number of benzene rings is 2. The number of ether oxygens (including phenoxy) is 1. The van der Waals surface area contributed by atoms with E-state index in [1.807, 2.05) is 18.3 Å². The molecule has 0 fully saturated rings. The molecule has 0 bridgehead atoms. The lowest BCUT2D eigenvalue weighted by molar-refractivity contribution is 0.0563. The van der Waals surface area contributed by atoms with Crippen LogP contribution in [0.4, 0.5) is 5.69 Å². The maximum Gasteiger partial charge on any atom is 0.373 e. The Morgan fingerprint density at radius 3 is 2.65 bits per heavy atom. The Balaban J connectivity index is 1.60. The number of esters is 1. The lowest BCUT2D eigenvalue weighted by Gasteiger charge is -2.08. The van der Waals surface area contributed by atoms with E-state index in [4.69, 9.17) is 9.15 Å². The van der Waals surface area contributed by atoms with Gasteiger partial charge >= 0.3 is 5.97 Å². The maximum atomic E-state index is 11.7. The van der Waals surface area contributed by atoms with Crippen molar-refractivity contribution in [3.63, 3.8) is 0 Å². The first-order valence-electron chi connectivity index (χ1n) is 10.5. The summed E-state index contributed by atoms with van der Waals surface area (Å²) in [5.41, 5.74) is 4.37. The molecule has 158 valence electrons. The highest BCUT2D eigenvalue weighted by Crippen LogP contribution is 2.24. The second-order valence-electron chi connectivity index (χ2n) is 7.65. The van der Waals surface area contributed by atoms with Crippen LogP contribution in [0.15, 0.2) is 76.3 Å². The number of hydrogen-bond acceptors (Lipinski definition) is 4. The van der Waals surface area contributed by atoms with Crippen LogP contribution >= 0.6 is 0 Å². The van der Waals surface area contributed by atoms with Gasteiger partial charge in [0.05, 0.1) is 19.3 Å². The summed E-state index contributed by atoms with van der Waals surface area (Å²) in [6.45, 7) is 4.95. The molecule has 4 rings (SSSR count). The fourth-order valence-corrected chi connectivity index (χ4v) is 3.62. The number of aromatic nitrogens is 1. The van der Waals surface area contributed by atoms with E-state index in [9.17, 15) is 4.79 Å². The van der Waals surface area contributed by atoms with Crippen LogP contribution in [0.1, 0.15) is 53.6 Å². The molecule has 0 amide bonds. The van der Waals surface area contributed by atoms with E-state index in [1.165, 1.54) is 12.7 Å². The first kappa shape index (κ1) is 20.7. The number of hydrogen-bond donors (Lipinski definition) is 0. The van der Waals surface area contributed by atoms with Crippen LogP contribution in [0.3, 0.4) is 0 Å². The zero-order chi connectivity index (χ0) is 21.8. The molecule has 1 atom stereocenters. The first-order chi connectivity index (χ1) is 15.1. The van der Waals surface area contributed by atoms with Crippen molar-refractivity contribution in [3.8, 4) is 0 Å². The normalized spacial score (nSPS) is 12.5. The van der Waals surface area contributed by atoms with Crippen molar-refractivity contribution in [2.45, 2.75) is 32.7 Å². The third kappa shape index (κ3) is 4.45. The van der Waals surface area contributed by atoms with Gasteiger partial charge in [0.2, 0.25) is 5.76 Å². The molecule has 0 saturated carbocycles. The van der Waals surface area contributed by atoms with Crippen molar-refractivity contribution in [1.82, 2.24) is 4.57 Å². The van der Waals surface area contributed by atoms with Crippen molar-refractivity contribution in [1.29, 1.82) is 0 Å². The third-order valence-electron chi connectivity index (χ3n) is 5.62. The molecular formula is C26H26N2O3. The van der Waals surface area contributed by atoms with Crippen LogP contribution in [-0.4, -0.2) is 23.9 Å². The van der Waals surface area contributed by atoms with Gasteiger partial charge < -0.3 is 13.7 Å². The van der Waals surface area contributed by atoms with E-state index in [2.05, 4.69) is 66.0 Å². The van der Waals surface area contributed by atoms with Gasteiger partial charge in [-0.15, -0.1) is 0 Å². The smallest absolute Gasteiger partial charge is 0.373 e. The van der Waals surface area contributed by atoms with Gasteiger partial charge in [0.15, 0.2) is 0 Å². The van der Waals surface area contributed by atoms with Gasteiger partial charge in [-0.05, 0) is 48.2 Å². The number of carbonyl (C=O) groups is 1. The summed E-state index contributed by atoms with van der Waals surface area (Å²) in [5, 5.41) is 1.11. The molecular weight excluding hydrogens is 388 g/mol. The average Bonchev–Trinajstić information content (AvgIpc) is 3.42. The molecule has 0 unspecified atom stereocenters. The van der Waals surface area contributed by atoms with E-state index < -0.39 is 5.97 Å². The lowest BCUT2D eigenvalue weighted by atomic mass is 9.99. The second kappa shape index (κ2) is 9.04. The molecule has 0 saturated heterocycles. The Kier molecular flexibility index (Phi) is 6.03. The summed E-state index contributed by atoms with van der Waals surface area (Å²) >= 11 is 0. The van der Waals surface area contributed by atoms with Crippen LogP contribution in [0.2, 0.25) is 0 Å². The predicted octanol–water partition coefficient (Wildman–Crippen LogP) is 6.33. The Hall–Kier alpha value is -3.60. The minimum atomic E-state index is -0.476. The molecule has 0 radical (unpaired) electrons. The number of nitrogens with zero attached hydrogens (tertiary/aromatic N) is 2. The van der Waals surface area contributed by atoms with Crippen LogP contribution in [0, 0.1) is 0 Å². The standard InChI is InChI=1S/C26H26N2O3/c1-4-18(2)19-9-11-21(12-10-19)27-15-20-16-28(24-8-6-5-7-23(20)24)17-22-13-14-25(31-22)26(29)30-3/h5-16,18H,4,17H2,1-3H3/t18-/m1/s1. The SMILES string of the molecule is CC[C@@H](C)c1ccc(N=Cc2cn(Cc3ccc(C(=O)OC)o3)c3ccccc23)cc1. The van der Waals surface area contributed by atoms with Crippen LogP contribution in [0.5, 0.6) is 0 Å². The number of carbonyl (C=O) groups excluding carboxylic acids is 1. The lowest BCUT2D eigenvalue weighted by Crippen LogP contribution is -1.99. The van der Waals surface area contributed by atoms with Crippen molar-refractivity contribution in [2.24, 2.45) is 4.99 Å². The predicted molar refractivity (Wildman–Crippen MR) is 123 cm³/mol. The highest BCUT2D eigenvalue weighted by atomic mass is 16.5. The Labute approximate surface area is 182 Å². The summed E-state index contributed by atoms with van der Waals surface area (Å²) < 4.78 is 12.5. The summed E-state index contributed by atoms with van der Waals surface area (Å²) in [7, 11) is 1.34. The maximum absolute atomic E-state index is 11.7. The second-order valence-corrected chi connectivity index (χ2v) is 7.65. The van der Waals surface area contributed by atoms with E-state index in [0.29, 0.717) is 18.2 Å². The minimum Gasteiger partial charge on any atom is -0.463 e. The van der Waals surface area contributed by atoms with Gasteiger partial charge in [-0.1, -0.05) is 44.2 Å². The van der Waals surface area contributed by atoms with Crippen LogP contribution in [0.25, 0.3) is 10.9 Å². The molecule has 0 aliphatic heterocycles. The van der Waals surface area contributed by atoms with E-state index in [0.717, 1.165) is 28.6 Å². The van der Waals surface area contributed by atoms with Crippen LogP contribution < -0.4 is 0 Å².